The van der Waals surface area contributed by atoms with E-state index in [-0.39, 0.29) is 17.4 Å². The first-order valence-electron chi connectivity index (χ1n) is 4.85. The van der Waals surface area contributed by atoms with Gasteiger partial charge < -0.3 is 10.4 Å². The molecule has 1 aromatic rings. The number of carboxylic acids is 1. The highest BCUT2D eigenvalue weighted by molar-refractivity contribution is 8.00. The highest BCUT2D eigenvalue weighted by Crippen LogP contribution is 2.19. The Balaban J connectivity index is 2.42. The summed E-state index contributed by atoms with van der Waals surface area (Å²) in [5.41, 5.74) is 0.734. The minimum atomic E-state index is -0.910. The van der Waals surface area contributed by atoms with E-state index in [9.17, 15) is 9.59 Å². The van der Waals surface area contributed by atoms with Gasteiger partial charge in [0, 0.05) is 10.6 Å². The third kappa shape index (κ3) is 5.65. The maximum absolute atomic E-state index is 11.5. The molecule has 92 valence electrons. The molecule has 0 heterocycles. The van der Waals surface area contributed by atoms with Gasteiger partial charge in [0.25, 0.3) is 0 Å². The maximum atomic E-state index is 11.5. The van der Waals surface area contributed by atoms with E-state index >= 15 is 0 Å². The van der Waals surface area contributed by atoms with Crippen molar-refractivity contribution in [2.24, 2.45) is 0 Å². The van der Waals surface area contributed by atoms with Gasteiger partial charge >= 0.3 is 5.97 Å². The van der Waals surface area contributed by atoms with Crippen molar-refractivity contribution in [1.29, 1.82) is 0 Å². The summed E-state index contributed by atoms with van der Waals surface area (Å²) in [5, 5.41) is 11.2. The molecule has 0 aliphatic heterocycles. The van der Waals surface area contributed by atoms with Gasteiger partial charge in [-0.25, -0.2) is 0 Å². The maximum Gasteiger partial charge on any atom is 0.313 e. The second kappa shape index (κ2) is 7.24. The van der Waals surface area contributed by atoms with Crippen molar-refractivity contribution >= 4 is 41.1 Å². The predicted octanol–water partition coefficient (Wildman–Crippen LogP) is 2.16. The van der Waals surface area contributed by atoms with Crippen LogP contribution in [0.25, 0.3) is 0 Å². The van der Waals surface area contributed by atoms with E-state index in [1.54, 1.807) is 17.8 Å². The summed E-state index contributed by atoms with van der Waals surface area (Å²) >= 11 is 2.68. The van der Waals surface area contributed by atoms with Gasteiger partial charge in [0.2, 0.25) is 5.91 Å². The molecular formula is C11H13NO3S2. The summed E-state index contributed by atoms with van der Waals surface area (Å²) in [6.07, 6.45) is 1.96. The molecular weight excluding hydrogens is 258 g/mol. The van der Waals surface area contributed by atoms with Crippen LogP contribution in [-0.2, 0) is 9.59 Å². The highest BCUT2D eigenvalue weighted by atomic mass is 32.2. The standard InChI is InChI=1S/C11H13NO3S2/c1-16-9-4-2-3-8(5-9)12-10(13)6-17-7-11(14)15/h2-5H,6-7H2,1H3,(H,12,13)(H,14,15). The lowest BCUT2D eigenvalue weighted by atomic mass is 10.3. The number of aliphatic carboxylic acids is 1. The van der Waals surface area contributed by atoms with E-state index in [1.807, 2.05) is 24.5 Å². The van der Waals surface area contributed by atoms with E-state index in [2.05, 4.69) is 5.32 Å². The van der Waals surface area contributed by atoms with Crippen molar-refractivity contribution in [3.63, 3.8) is 0 Å². The largest absolute Gasteiger partial charge is 0.481 e. The first-order valence-corrected chi connectivity index (χ1v) is 7.23. The lowest BCUT2D eigenvalue weighted by molar-refractivity contribution is -0.133. The predicted molar refractivity (Wildman–Crippen MR) is 71.8 cm³/mol. The van der Waals surface area contributed by atoms with Gasteiger partial charge in [0.15, 0.2) is 0 Å². The zero-order chi connectivity index (χ0) is 12.7. The first-order chi connectivity index (χ1) is 8.11. The third-order valence-electron chi connectivity index (χ3n) is 1.81. The topological polar surface area (TPSA) is 66.4 Å². The Morgan fingerprint density at radius 2 is 2.12 bits per heavy atom. The van der Waals surface area contributed by atoms with E-state index in [4.69, 9.17) is 5.11 Å². The summed E-state index contributed by atoms with van der Waals surface area (Å²) in [6.45, 7) is 0. The Kier molecular flexibility index (Phi) is 5.93. The van der Waals surface area contributed by atoms with Crippen molar-refractivity contribution < 1.29 is 14.7 Å². The molecule has 0 aliphatic rings. The van der Waals surface area contributed by atoms with Crippen LogP contribution in [0.4, 0.5) is 5.69 Å². The number of anilines is 1. The lowest BCUT2D eigenvalue weighted by Gasteiger charge is -2.05. The minimum Gasteiger partial charge on any atom is -0.481 e. The summed E-state index contributed by atoms with van der Waals surface area (Å²) < 4.78 is 0. The monoisotopic (exact) mass is 271 g/mol. The average Bonchev–Trinajstić information content (AvgIpc) is 2.28. The summed E-state index contributed by atoms with van der Waals surface area (Å²) in [6, 6.07) is 7.51. The van der Waals surface area contributed by atoms with Crippen molar-refractivity contribution in [3.05, 3.63) is 24.3 Å². The number of carbonyl (C=O) groups excluding carboxylic acids is 1. The number of nitrogens with one attached hydrogen (secondary N) is 1. The number of hydrogen-bond donors (Lipinski definition) is 2. The van der Waals surface area contributed by atoms with Crippen molar-refractivity contribution in [1.82, 2.24) is 0 Å². The number of benzene rings is 1. The van der Waals surface area contributed by atoms with Gasteiger partial charge in [-0.05, 0) is 24.5 Å². The Morgan fingerprint density at radius 3 is 2.76 bits per heavy atom. The van der Waals surface area contributed by atoms with Gasteiger partial charge in [-0.1, -0.05) is 6.07 Å². The Morgan fingerprint density at radius 1 is 1.35 bits per heavy atom. The highest BCUT2D eigenvalue weighted by Gasteiger charge is 2.05. The van der Waals surface area contributed by atoms with E-state index in [0.29, 0.717) is 0 Å². The van der Waals surface area contributed by atoms with E-state index < -0.39 is 5.97 Å². The summed E-state index contributed by atoms with van der Waals surface area (Å²) in [5.74, 6) is -1.00. The molecule has 6 heteroatoms. The summed E-state index contributed by atoms with van der Waals surface area (Å²) in [7, 11) is 0. The second-order valence-electron chi connectivity index (χ2n) is 3.17. The minimum absolute atomic E-state index is 0.0573. The fraction of sp³-hybridized carbons (Fsp3) is 0.273. The number of carbonyl (C=O) groups is 2. The normalized spacial score (nSPS) is 9.94. The van der Waals surface area contributed by atoms with Gasteiger partial charge in [-0.3, -0.25) is 9.59 Å². The van der Waals surface area contributed by atoms with Crippen molar-refractivity contribution in [3.8, 4) is 0 Å². The molecule has 0 radical (unpaired) electrons. The van der Waals surface area contributed by atoms with Gasteiger partial charge in [0.05, 0.1) is 11.5 Å². The van der Waals surface area contributed by atoms with Crippen LogP contribution in [0, 0.1) is 0 Å². The molecule has 0 aliphatic carbocycles. The summed E-state index contributed by atoms with van der Waals surface area (Å²) in [4.78, 5) is 22.8. The molecule has 1 amide bonds. The van der Waals surface area contributed by atoms with Crippen LogP contribution in [-0.4, -0.2) is 34.7 Å². The SMILES string of the molecule is CSc1cccc(NC(=O)CSCC(=O)O)c1. The molecule has 4 nitrogen and oxygen atoms in total. The van der Waals surface area contributed by atoms with Crippen LogP contribution in [0.3, 0.4) is 0 Å². The van der Waals surface area contributed by atoms with Crippen LogP contribution >= 0.6 is 23.5 Å². The van der Waals surface area contributed by atoms with E-state index in [0.717, 1.165) is 22.3 Å². The zero-order valence-electron chi connectivity index (χ0n) is 9.30. The molecule has 1 aromatic carbocycles. The molecule has 0 unspecified atom stereocenters. The second-order valence-corrected chi connectivity index (χ2v) is 5.03. The Bertz CT molecular complexity index is 409. The fourth-order valence-electron chi connectivity index (χ4n) is 1.13. The molecule has 0 saturated heterocycles. The quantitative estimate of drug-likeness (QED) is 0.776. The average molecular weight is 271 g/mol. The molecule has 1 rings (SSSR count). The fourth-order valence-corrected chi connectivity index (χ4v) is 2.12. The van der Waals surface area contributed by atoms with Crippen LogP contribution in [0.5, 0.6) is 0 Å². The smallest absolute Gasteiger partial charge is 0.313 e. The van der Waals surface area contributed by atoms with E-state index in [1.165, 1.54) is 0 Å². The molecule has 0 spiro atoms. The Labute approximate surface area is 108 Å². The first kappa shape index (κ1) is 13.9. The van der Waals surface area contributed by atoms with Crippen molar-refractivity contribution in [2.75, 3.05) is 23.1 Å². The number of thioether (sulfide) groups is 2. The van der Waals surface area contributed by atoms with Crippen LogP contribution in [0.2, 0.25) is 0 Å². The molecule has 17 heavy (non-hydrogen) atoms. The van der Waals surface area contributed by atoms with Crippen LogP contribution in [0.15, 0.2) is 29.2 Å². The molecule has 0 fully saturated rings. The lowest BCUT2D eigenvalue weighted by Crippen LogP contribution is -2.15. The molecule has 0 aromatic heterocycles. The third-order valence-corrected chi connectivity index (χ3v) is 3.45. The van der Waals surface area contributed by atoms with Gasteiger partial charge in [-0.2, -0.15) is 0 Å². The molecule has 0 saturated carbocycles. The van der Waals surface area contributed by atoms with Gasteiger partial charge in [0.1, 0.15) is 0 Å². The number of amides is 1. The van der Waals surface area contributed by atoms with Gasteiger partial charge in [-0.15, -0.1) is 23.5 Å². The molecule has 0 atom stereocenters. The number of carboxylic acid groups (broad SMARTS) is 1. The number of rotatable bonds is 6. The zero-order valence-corrected chi connectivity index (χ0v) is 10.9. The Hall–Kier alpha value is -1.14. The van der Waals surface area contributed by atoms with Crippen LogP contribution in [0.1, 0.15) is 0 Å². The number of hydrogen-bond acceptors (Lipinski definition) is 4. The molecule has 2 N–H and O–H groups in total. The van der Waals surface area contributed by atoms with Crippen molar-refractivity contribution in [2.45, 2.75) is 4.90 Å². The molecule has 0 bridgehead atoms. The van der Waals surface area contributed by atoms with Crippen LogP contribution < -0.4 is 5.32 Å².